The number of benzene rings is 1. The first-order chi connectivity index (χ1) is 10.8. The second-order valence-electron chi connectivity index (χ2n) is 6.64. The van der Waals surface area contributed by atoms with Gasteiger partial charge in [0.25, 0.3) is 0 Å². The highest BCUT2D eigenvalue weighted by Crippen LogP contribution is 2.21. The zero-order valence-electron chi connectivity index (χ0n) is 13.8. The smallest absolute Gasteiger partial charge is 0.130 e. The minimum Gasteiger partial charge on any atom is -0.508 e. The van der Waals surface area contributed by atoms with E-state index in [1.54, 1.807) is 12.5 Å². The Bertz CT molecular complexity index is 620. The number of hydrogen-bond donors (Lipinski definition) is 1. The summed E-state index contributed by atoms with van der Waals surface area (Å²) in [6.07, 6.45) is 3.36. The molecule has 2 aromatic rings. The van der Waals surface area contributed by atoms with E-state index in [-0.39, 0.29) is 18.1 Å². The minimum atomic E-state index is -1.10. The summed E-state index contributed by atoms with van der Waals surface area (Å²) in [5, 5.41) is 9.36. The van der Waals surface area contributed by atoms with Crippen LogP contribution in [-0.2, 0) is 18.1 Å². The van der Waals surface area contributed by atoms with Crippen molar-refractivity contribution in [3.8, 4) is 11.5 Å². The standard InChI is InChI=1S/C16H23FN2O3Si/c1-23(2,3)5-4-21-12-19-11-18-9-14(19)10-22-16-7-13(17)6-15(20)8-16/h6-9,11,20H,4-5,10,12H2,1-3H3. The van der Waals surface area contributed by atoms with Gasteiger partial charge in [0.15, 0.2) is 0 Å². The first-order valence-electron chi connectivity index (χ1n) is 7.53. The molecule has 0 unspecified atom stereocenters. The number of ether oxygens (including phenoxy) is 2. The molecule has 1 aromatic carbocycles. The van der Waals surface area contributed by atoms with Crippen molar-refractivity contribution in [1.29, 1.82) is 0 Å². The van der Waals surface area contributed by atoms with Crippen LogP contribution in [0.5, 0.6) is 11.5 Å². The summed E-state index contributed by atoms with van der Waals surface area (Å²) in [6.45, 7) is 8.29. The molecular weight excluding hydrogens is 315 g/mol. The van der Waals surface area contributed by atoms with E-state index in [1.165, 1.54) is 12.1 Å². The van der Waals surface area contributed by atoms with Gasteiger partial charge in [-0.1, -0.05) is 19.6 Å². The predicted octanol–water partition coefficient (Wildman–Crippen LogP) is 3.62. The molecule has 0 spiro atoms. The molecule has 0 saturated heterocycles. The molecule has 1 aromatic heterocycles. The van der Waals surface area contributed by atoms with Crippen LogP contribution in [0.25, 0.3) is 0 Å². The van der Waals surface area contributed by atoms with Crippen LogP contribution in [0.15, 0.2) is 30.7 Å². The lowest BCUT2D eigenvalue weighted by molar-refractivity contribution is 0.0829. The molecule has 126 valence electrons. The molecule has 7 heteroatoms. The first-order valence-corrected chi connectivity index (χ1v) is 11.2. The fourth-order valence-corrected chi connectivity index (χ4v) is 2.67. The van der Waals surface area contributed by atoms with Crippen molar-refractivity contribution in [2.75, 3.05) is 6.61 Å². The summed E-state index contributed by atoms with van der Waals surface area (Å²) in [5.74, 6) is -0.429. The van der Waals surface area contributed by atoms with Gasteiger partial charge in [0.05, 0.1) is 18.2 Å². The van der Waals surface area contributed by atoms with Crippen molar-refractivity contribution < 1.29 is 19.0 Å². The van der Waals surface area contributed by atoms with Crippen LogP contribution >= 0.6 is 0 Å². The Morgan fingerprint density at radius 2 is 2.04 bits per heavy atom. The van der Waals surface area contributed by atoms with Gasteiger partial charge >= 0.3 is 0 Å². The third-order valence-electron chi connectivity index (χ3n) is 3.27. The lowest BCUT2D eigenvalue weighted by atomic mass is 10.3. The Morgan fingerprint density at radius 3 is 2.74 bits per heavy atom. The first kappa shape index (κ1) is 17.5. The number of phenols is 1. The van der Waals surface area contributed by atoms with E-state index < -0.39 is 13.9 Å². The number of rotatable bonds is 8. The molecule has 0 fully saturated rings. The maximum atomic E-state index is 13.2. The van der Waals surface area contributed by atoms with Gasteiger partial charge in [-0.05, 0) is 6.04 Å². The third-order valence-corrected chi connectivity index (χ3v) is 4.97. The lowest BCUT2D eigenvalue weighted by Crippen LogP contribution is -2.22. The van der Waals surface area contributed by atoms with Gasteiger partial charge in [-0.25, -0.2) is 9.37 Å². The summed E-state index contributed by atoms with van der Waals surface area (Å²) in [4.78, 5) is 4.09. The van der Waals surface area contributed by atoms with E-state index in [0.29, 0.717) is 6.73 Å². The highest BCUT2D eigenvalue weighted by atomic mass is 28.3. The van der Waals surface area contributed by atoms with E-state index >= 15 is 0 Å². The number of halogens is 1. The fourth-order valence-electron chi connectivity index (χ4n) is 1.91. The highest BCUT2D eigenvalue weighted by Gasteiger charge is 2.12. The third kappa shape index (κ3) is 6.03. The van der Waals surface area contributed by atoms with Crippen molar-refractivity contribution in [2.45, 2.75) is 39.0 Å². The van der Waals surface area contributed by atoms with E-state index in [9.17, 15) is 9.50 Å². The van der Waals surface area contributed by atoms with Crippen LogP contribution < -0.4 is 4.74 Å². The number of imidazole rings is 1. The van der Waals surface area contributed by atoms with Gasteiger partial charge in [-0.2, -0.15) is 0 Å². The summed E-state index contributed by atoms with van der Waals surface area (Å²) in [6, 6.07) is 4.73. The largest absolute Gasteiger partial charge is 0.508 e. The quantitative estimate of drug-likeness (QED) is 0.590. The average Bonchev–Trinajstić information content (AvgIpc) is 2.87. The van der Waals surface area contributed by atoms with Crippen LogP contribution in [0.3, 0.4) is 0 Å². The average molecular weight is 338 g/mol. The van der Waals surface area contributed by atoms with Gasteiger partial charge in [-0.15, -0.1) is 0 Å². The Labute approximate surface area is 136 Å². The van der Waals surface area contributed by atoms with E-state index in [2.05, 4.69) is 24.6 Å². The van der Waals surface area contributed by atoms with Gasteiger partial charge < -0.3 is 19.1 Å². The molecule has 2 rings (SSSR count). The van der Waals surface area contributed by atoms with Gasteiger partial charge in [-0.3, -0.25) is 0 Å². The Kier molecular flexibility index (Phi) is 5.78. The van der Waals surface area contributed by atoms with Crippen LogP contribution in [0, 0.1) is 5.82 Å². The van der Waals surface area contributed by atoms with Gasteiger partial charge in [0, 0.05) is 32.9 Å². The second-order valence-corrected chi connectivity index (χ2v) is 12.3. The second kappa shape index (κ2) is 7.61. The number of nitrogens with zero attached hydrogens (tertiary/aromatic N) is 2. The zero-order valence-corrected chi connectivity index (χ0v) is 14.8. The molecule has 0 aliphatic carbocycles. The zero-order chi connectivity index (χ0) is 16.9. The highest BCUT2D eigenvalue weighted by molar-refractivity contribution is 6.76. The molecular formula is C16H23FN2O3Si. The van der Waals surface area contributed by atoms with Crippen LogP contribution in [-0.4, -0.2) is 29.3 Å². The summed E-state index contributed by atoms with van der Waals surface area (Å²) in [7, 11) is -1.10. The Hall–Kier alpha value is -1.86. The fraction of sp³-hybridized carbons (Fsp3) is 0.438. The van der Waals surface area contributed by atoms with Crippen molar-refractivity contribution in [1.82, 2.24) is 9.55 Å². The van der Waals surface area contributed by atoms with Crippen molar-refractivity contribution >= 4 is 8.07 Å². The van der Waals surface area contributed by atoms with Crippen LogP contribution in [0.4, 0.5) is 4.39 Å². The summed E-state index contributed by atoms with van der Waals surface area (Å²) < 4.78 is 26.2. The maximum absolute atomic E-state index is 13.2. The normalized spacial score (nSPS) is 11.7. The number of phenolic OH excluding ortho intramolecular Hbond substituents is 1. The topological polar surface area (TPSA) is 56.5 Å². The molecule has 5 nitrogen and oxygen atoms in total. The van der Waals surface area contributed by atoms with E-state index in [1.807, 2.05) is 4.57 Å². The van der Waals surface area contributed by atoms with Gasteiger partial charge in [0.2, 0.25) is 0 Å². The molecule has 0 saturated carbocycles. The number of aromatic nitrogens is 2. The molecule has 0 amide bonds. The van der Waals surface area contributed by atoms with E-state index in [4.69, 9.17) is 9.47 Å². The van der Waals surface area contributed by atoms with Crippen LogP contribution in [0.1, 0.15) is 5.69 Å². The van der Waals surface area contributed by atoms with Crippen molar-refractivity contribution in [2.24, 2.45) is 0 Å². The van der Waals surface area contributed by atoms with Gasteiger partial charge in [0.1, 0.15) is 30.7 Å². The van der Waals surface area contributed by atoms with E-state index in [0.717, 1.165) is 24.4 Å². The lowest BCUT2D eigenvalue weighted by Gasteiger charge is -2.16. The maximum Gasteiger partial charge on any atom is 0.130 e. The number of hydrogen-bond acceptors (Lipinski definition) is 4. The summed E-state index contributed by atoms with van der Waals surface area (Å²) >= 11 is 0. The predicted molar refractivity (Wildman–Crippen MR) is 88.7 cm³/mol. The molecule has 0 bridgehead atoms. The molecule has 0 aliphatic heterocycles. The molecule has 1 heterocycles. The SMILES string of the molecule is C[Si](C)(C)CCOCn1cncc1COc1cc(O)cc(F)c1. The molecule has 0 aliphatic rings. The Balaban J connectivity index is 1.86. The van der Waals surface area contributed by atoms with Crippen molar-refractivity contribution in [3.05, 3.63) is 42.2 Å². The minimum absolute atomic E-state index is 0.164. The molecule has 1 N–H and O–H groups in total. The van der Waals surface area contributed by atoms with Crippen LogP contribution in [0.2, 0.25) is 25.7 Å². The number of aromatic hydroxyl groups is 1. The van der Waals surface area contributed by atoms with Crippen molar-refractivity contribution in [3.63, 3.8) is 0 Å². The molecule has 0 radical (unpaired) electrons. The molecule has 23 heavy (non-hydrogen) atoms. The Morgan fingerprint density at radius 1 is 1.26 bits per heavy atom. The summed E-state index contributed by atoms with van der Waals surface area (Å²) in [5.41, 5.74) is 0.821. The molecule has 0 atom stereocenters. The monoisotopic (exact) mass is 338 g/mol.